The van der Waals surface area contributed by atoms with Gasteiger partial charge in [0.25, 0.3) is 5.76 Å². The first-order chi connectivity index (χ1) is 9.47. The summed E-state index contributed by atoms with van der Waals surface area (Å²) in [5.41, 5.74) is 0.319. The Morgan fingerprint density at radius 2 is 2.10 bits per heavy atom. The number of furan rings is 1. The average molecular weight is 303 g/mol. The van der Waals surface area contributed by atoms with E-state index in [1.807, 2.05) is 6.07 Å². The van der Waals surface area contributed by atoms with Crippen molar-refractivity contribution in [3.8, 4) is 0 Å². The molecule has 1 atom stereocenters. The van der Waals surface area contributed by atoms with E-state index in [2.05, 4.69) is 19.2 Å². The Morgan fingerprint density at radius 3 is 2.80 bits per heavy atom. The summed E-state index contributed by atoms with van der Waals surface area (Å²) in [4.78, 5) is 0. The van der Waals surface area contributed by atoms with E-state index in [1.165, 1.54) is 25.7 Å². The number of hydrogen-bond acceptors (Lipinski definition) is 3. The van der Waals surface area contributed by atoms with Crippen molar-refractivity contribution in [1.29, 1.82) is 0 Å². The first-order valence-electron chi connectivity index (χ1n) is 7.18. The summed E-state index contributed by atoms with van der Waals surface area (Å²) in [6.07, 6.45) is 5.03. The van der Waals surface area contributed by atoms with Gasteiger partial charge in [-0.25, -0.2) is 0 Å². The Labute approximate surface area is 123 Å². The van der Waals surface area contributed by atoms with Crippen LogP contribution in [0.1, 0.15) is 51.1 Å². The highest BCUT2D eigenvalue weighted by Crippen LogP contribution is 2.35. The SMILES string of the molecule is CC1(C)CCCCC1NCc1ccc(CSC(F)F)o1. The first kappa shape index (κ1) is 15.8. The van der Waals surface area contributed by atoms with Crippen LogP contribution >= 0.6 is 11.8 Å². The van der Waals surface area contributed by atoms with Crippen molar-refractivity contribution < 1.29 is 13.2 Å². The van der Waals surface area contributed by atoms with Crippen LogP contribution in [0.5, 0.6) is 0 Å². The van der Waals surface area contributed by atoms with Crippen molar-refractivity contribution in [3.63, 3.8) is 0 Å². The summed E-state index contributed by atoms with van der Waals surface area (Å²) < 4.78 is 29.8. The molecule has 0 aliphatic heterocycles. The van der Waals surface area contributed by atoms with Crippen molar-refractivity contribution >= 4 is 11.8 Å². The third kappa shape index (κ3) is 4.48. The van der Waals surface area contributed by atoms with Crippen LogP contribution < -0.4 is 5.32 Å². The van der Waals surface area contributed by atoms with Gasteiger partial charge in [-0.1, -0.05) is 38.5 Å². The third-order valence-electron chi connectivity index (χ3n) is 4.10. The smallest absolute Gasteiger partial charge is 0.284 e. The molecule has 1 aliphatic carbocycles. The number of hydrogen-bond donors (Lipinski definition) is 1. The second kappa shape index (κ2) is 6.94. The second-order valence-electron chi connectivity index (χ2n) is 6.11. The maximum absolute atomic E-state index is 12.1. The maximum Gasteiger partial charge on any atom is 0.284 e. The van der Waals surface area contributed by atoms with Crippen LogP contribution in [0.4, 0.5) is 8.78 Å². The molecule has 5 heteroatoms. The van der Waals surface area contributed by atoms with E-state index < -0.39 is 5.76 Å². The van der Waals surface area contributed by atoms with E-state index in [0.717, 1.165) is 5.76 Å². The Kier molecular flexibility index (Phi) is 5.49. The largest absolute Gasteiger partial charge is 0.464 e. The minimum atomic E-state index is -2.34. The number of halogens is 2. The Hall–Kier alpha value is -0.550. The molecule has 0 radical (unpaired) electrons. The quantitative estimate of drug-likeness (QED) is 0.817. The zero-order valence-corrected chi connectivity index (χ0v) is 12.9. The molecule has 114 valence electrons. The highest BCUT2D eigenvalue weighted by atomic mass is 32.2. The summed E-state index contributed by atoms with van der Waals surface area (Å²) in [7, 11) is 0. The van der Waals surface area contributed by atoms with E-state index in [-0.39, 0.29) is 5.75 Å². The molecule has 0 bridgehead atoms. The van der Waals surface area contributed by atoms with Gasteiger partial charge in [0.15, 0.2) is 0 Å². The van der Waals surface area contributed by atoms with Gasteiger partial charge in [-0.3, -0.25) is 0 Å². The molecule has 1 saturated carbocycles. The highest BCUT2D eigenvalue weighted by Gasteiger charge is 2.31. The van der Waals surface area contributed by atoms with Crippen LogP contribution in [0.25, 0.3) is 0 Å². The standard InChI is InChI=1S/C15H23F2NOS/c1-15(2)8-4-3-5-13(15)18-9-11-6-7-12(19-11)10-20-14(16)17/h6-7,13-14,18H,3-5,8-10H2,1-2H3. The van der Waals surface area contributed by atoms with Gasteiger partial charge >= 0.3 is 0 Å². The second-order valence-corrected chi connectivity index (χ2v) is 7.09. The summed E-state index contributed by atoms with van der Waals surface area (Å²) in [5.74, 6) is -0.664. The number of thioether (sulfide) groups is 1. The molecule has 1 fully saturated rings. The van der Waals surface area contributed by atoms with Gasteiger partial charge < -0.3 is 9.73 Å². The van der Waals surface area contributed by atoms with Gasteiger partial charge in [0, 0.05) is 6.04 Å². The fourth-order valence-electron chi connectivity index (χ4n) is 2.84. The normalized spacial score (nSPS) is 22.4. The fourth-order valence-corrected chi connectivity index (χ4v) is 3.28. The predicted molar refractivity (Wildman–Crippen MR) is 78.9 cm³/mol. The Balaban J connectivity index is 1.81. The number of alkyl halides is 2. The molecule has 0 saturated heterocycles. The molecule has 1 aromatic rings. The van der Waals surface area contributed by atoms with Crippen molar-refractivity contribution in [3.05, 3.63) is 23.7 Å². The minimum absolute atomic E-state index is 0.229. The van der Waals surface area contributed by atoms with E-state index >= 15 is 0 Å². The molecule has 2 nitrogen and oxygen atoms in total. The molecular weight excluding hydrogens is 280 g/mol. The molecule has 0 amide bonds. The van der Waals surface area contributed by atoms with E-state index in [1.54, 1.807) is 6.07 Å². The molecular formula is C15H23F2NOS. The Morgan fingerprint density at radius 1 is 1.35 bits per heavy atom. The van der Waals surface area contributed by atoms with Crippen LogP contribution in [-0.2, 0) is 12.3 Å². The topological polar surface area (TPSA) is 25.2 Å². The Bertz CT molecular complexity index is 420. The zero-order chi connectivity index (χ0) is 14.6. The summed E-state index contributed by atoms with van der Waals surface area (Å²) in [5, 5.41) is 3.56. The van der Waals surface area contributed by atoms with Crippen LogP contribution in [0.15, 0.2) is 16.5 Å². The third-order valence-corrected chi connectivity index (χ3v) is 4.80. The van der Waals surface area contributed by atoms with Gasteiger partial charge in [-0.15, -0.1) is 0 Å². The van der Waals surface area contributed by atoms with Gasteiger partial charge in [-0.2, -0.15) is 8.78 Å². The highest BCUT2D eigenvalue weighted by molar-refractivity contribution is 7.98. The van der Waals surface area contributed by atoms with E-state index in [0.29, 0.717) is 35.5 Å². The lowest BCUT2D eigenvalue weighted by Crippen LogP contribution is -2.43. The van der Waals surface area contributed by atoms with Crippen molar-refractivity contribution in [2.24, 2.45) is 5.41 Å². The summed E-state index contributed by atoms with van der Waals surface area (Å²) in [6.45, 7) is 5.28. The van der Waals surface area contributed by atoms with Gasteiger partial charge in [0.1, 0.15) is 11.5 Å². The predicted octanol–water partition coefficient (Wildman–Crippen LogP) is 4.79. The molecule has 1 N–H and O–H groups in total. The number of nitrogens with one attached hydrogen (secondary N) is 1. The van der Waals surface area contributed by atoms with Crippen LogP contribution in [0, 0.1) is 5.41 Å². The lowest BCUT2D eigenvalue weighted by Gasteiger charge is -2.39. The molecule has 20 heavy (non-hydrogen) atoms. The monoisotopic (exact) mass is 303 g/mol. The molecule has 1 heterocycles. The van der Waals surface area contributed by atoms with Crippen molar-refractivity contribution in [2.45, 2.75) is 63.6 Å². The first-order valence-corrected chi connectivity index (χ1v) is 8.23. The van der Waals surface area contributed by atoms with Crippen LogP contribution in [0.3, 0.4) is 0 Å². The molecule has 1 unspecified atom stereocenters. The van der Waals surface area contributed by atoms with E-state index in [9.17, 15) is 8.78 Å². The van der Waals surface area contributed by atoms with Gasteiger partial charge in [0.2, 0.25) is 0 Å². The lowest BCUT2D eigenvalue weighted by molar-refractivity contribution is 0.164. The fraction of sp³-hybridized carbons (Fsp3) is 0.733. The molecule has 1 aliphatic rings. The van der Waals surface area contributed by atoms with Crippen LogP contribution in [-0.4, -0.2) is 11.8 Å². The summed E-state index contributed by atoms with van der Waals surface area (Å²) >= 11 is 0.596. The summed E-state index contributed by atoms with van der Waals surface area (Å²) in [6, 6.07) is 4.17. The molecule has 0 spiro atoms. The molecule has 0 aromatic carbocycles. The maximum atomic E-state index is 12.1. The van der Waals surface area contributed by atoms with Gasteiger partial charge in [0.05, 0.1) is 12.3 Å². The zero-order valence-electron chi connectivity index (χ0n) is 12.1. The van der Waals surface area contributed by atoms with E-state index in [4.69, 9.17) is 4.42 Å². The van der Waals surface area contributed by atoms with Crippen molar-refractivity contribution in [1.82, 2.24) is 5.32 Å². The molecule has 1 aromatic heterocycles. The molecule has 2 rings (SSSR count). The van der Waals surface area contributed by atoms with Gasteiger partial charge in [-0.05, 0) is 30.4 Å². The van der Waals surface area contributed by atoms with Crippen molar-refractivity contribution in [2.75, 3.05) is 0 Å². The minimum Gasteiger partial charge on any atom is -0.464 e. The van der Waals surface area contributed by atoms with Crippen LogP contribution in [0.2, 0.25) is 0 Å². The lowest BCUT2D eigenvalue weighted by atomic mass is 9.73. The number of rotatable bonds is 6. The average Bonchev–Trinajstić information content (AvgIpc) is 2.82.